The predicted octanol–water partition coefficient (Wildman–Crippen LogP) is 4.83. The van der Waals surface area contributed by atoms with Crippen molar-refractivity contribution in [3.05, 3.63) is 53.6 Å². The minimum Gasteiger partial charge on any atom is -0.497 e. The summed E-state index contributed by atoms with van der Waals surface area (Å²) in [5.41, 5.74) is 2.56. The molecule has 0 bridgehead atoms. The van der Waals surface area contributed by atoms with Crippen molar-refractivity contribution < 1.29 is 14.2 Å². The van der Waals surface area contributed by atoms with Crippen LogP contribution in [0.5, 0.6) is 17.2 Å². The van der Waals surface area contributed by atoms with E-state index in [2.05, 4.69) is 35.2 Å². The number of methoxy groups -OCH3 is 3. The van der Waals surface area contributed by atoms with E-state index in [-0.39, 0.29) is 0 Å². The molecule has 0 aromatic heterocycles. The van der Waals surface area contributed by atoms with E-state index in [0.717, 1.165) is 30.3 Å². The molecule has 1 aliphatic rings. The number of nitrogens with zero attached hydrogens (tertiary/aromatic N) is 1. The van der Waals surface area contributed by atoms with E-state index in [0.29, 0.717) is 6.04 Å². The van der Waals surface area contributed by atoms with Gasteiger partial charge in [0.2, 0.25) is 0 Å². The standard InChI is InChI=1S/C22H29NO3/c1-24-19-11-8-17(9-12-19)21-7-5-4-6-14-23(21)16-18-10-13-20(25-2)15-22(18)26-3/h8-13,15,21H,4-7,14,16H2,1-3H3. The first kappa shape index (κ1) is 18.6. The zero-order valence-corrected chi connectivity index (χ0v) is 16.0. The van der Waals surface area contributed by atoms with Gasteiger partial charge in [-0.05, 0) is 43.1 Å². The van der Waals surface area contributed by atoms with Gasteiger partial charge in [0.25, 0.3) is 0 Å². The van der Waals surface area contributed by atoms with E-state index < -0.39 is 0 Å². The monoisotopic (exact) mass is 355 g/mol. The van der Waals surface area contributed by atoms with Crippen molar-refractivity contribution in [2.24, 2.45) is 0 Å². The molecule has 4 heteroatoms. The van der Waals surface area contributed by atoms with Gasteiger partial charge in [0, 0.05) is 24.2 Å². The summed E-state index contributed by atoms with van der Waals surface area (Å²) in [6, 6.07) is 15.1. The molecular formula is C22H29NO3. The molecule has 0 radical (unpaired) electrons. The van der Waals surface area contributed by atoms with Gasteiger partial charge < -0.3 is 14.2 Å². The summed E-state index contributed by atoms with van der Waals surface area (Å²) in [6.07, 6.45) is 4.99. The second-order valence-corrected chi connectivity index (χ2v) is 6.79. The van der Waals surface area contributed by atoms with Crippen molar-refractivity contribution in [2.75, 3.05) is 27.9 Å². The average molecular weight is 355 g/mol. The first-order valence-corrected chi connectivity index (χ1v) is 9.34. The number of hydrogen-bond donors (Lipinski definition) is 0. The van der Waals surface area contributed by atoms with Gasteiger partial charge in [0.1, 0.15) is 17.2 Å². The molecule has 140 valence electrons. The molecule has 0 spiro atoms. The molecule has 1 aliphatic heterocycles. The minimum atomic E-state index is 0.426. The highest BCUT2D eigenvalue weighted by Gasteiger charge is 2.24. The normalized spacial score (nSPS) is 18.2. The van der Waals surface area contributed by atoms with Crippen LogP contribution in [-0.2, 0) is 6.54 Å². The van der Waals surface area contributed by atoms with Gasteiger partial charge in [-0.25, -0.2) is 0 Å². The first-order chi connectivity index (χ1) is 12.7. The Bertz CT molecular complexity index is 699. The minimum absolute atomic E-state index is 0.426. The van der Waals surface area contributed by atoms with Crippen LogP contribution in [0.15, 0.2) is 42.5 Å². The Morgan fingerprint density at radius 2 is 1.58 bits per heavy atom. The molecule has 1 atom stereocenters. The summed E-state index contributed by atoms with van der Waals surface area (Å²) < 4.78 is 16.3. The number of benzene rings is 2. The number of likely N-dealkylation sites (tertiary alicyclic amines) is 1. The van der Waals surface area contributed by atoms with Crippen molar-refractivity contribution >= 4 is 0 Å². The number of hydrogen-bond acceptors (Lipinski definition) is 4. The quantitative estimate of drug-likeness (QED) is 0.743. The lowest BCUT2D eigenvalue weighted by Crippen LogP contribution is -2.28. The van der Waals surface area contributed by atoms with Crippen molar-refractivity contribution in [3.63, 3.8) is 0 Å². The van der Waals surface area contributed by atoms with Crippen molar-refractivity contribution in [1.82, 2.24) is 4.90 Å². The lowest BCUT2D eigenvalue weighted by Gasteiger charge is -2.31. The Morgan fingerprint density at radius 1 is 0.846 bits per heavy atom. The van der Waals surface area contributed by atoms with Crippen LogP contribution in [0.2, 0.25) is 0 Å². The third kappa shape index (κ3) is 4.31. The van der Waals surface area contributed by atoms with Crippen LogP contribution in [0.3, 0.4) is 0 Å². The molecule has 2 aromatic carbocycles. The lowest BCUT2D eigenvalue weighted by atomic mass is 10.00. The summed E-state index contributed by atoms with van der Waals surface area (Å²) in [6.45, 7) is 1.98. The SMILES string of the molecule is COc1ccc(C2CCCCCN2Cc2ccc(OC)cc2OC)cc1. The van der Waals surface area contributed by atoms with E-state index in [1.807, 2.05) is 12.1 Å². The van der Waals surface area contributed by atoms with Crippen LogP contribution in [0.1, 0.15) is 42.9 Å². The topological polar surface area (TPSA) is 30.9 Å². The number of ether oxygens (including phenoxy) is 3. The maximum atomic E-state index is 5.61. The molecule has 0 N–H and O–H groups in total. The van der Waals surface area contributed by atoms with Gasteiger partial charge in [-0.3, -0.25) is 4.90 Å². The van der Waals surface area contributed by atoms with Crippen LogP contribution in [0, 0.1) is 0 Å². The second kappa shape index (κ2) is 8.95. The molecule has 1 saturated heterocycles. The van der Waals surface area contributed by atoms with E-state index >= 15 is 0 Å². The molecular weight excluding hydrogens is 326 g/mol. The lowest BCUT2D eigenvalue weighted by molar-refractivity contribution is 0.190. The van der Waals surface area contributed by atoms with E-state index in [1.165, 1.54) is 36.8 Å². The van der Waals surface area contributed by atoms with Gasteiger partial charge >= 0.3 is 0 Å². The van der Waals surface area contributed by atoms with E-state index in [1.54, 1.807) is 21.3 Å². The maximum Gasteiger partial charge on any atom is 0.127 e. The smallest absolute Gasteiger partial charge is 0.127 e. The van der Waals surface area contributed by atoms with Crippen LogP contribution in [-0.4, -0.2) is 32.8 Å². The Morgan fingerprint density at radius 3 is 2.27 bits per heavy atom. The fraction of sp³-hybridized carbons (Fsp3) is 0.455. The van der Waals surface area contributed by atoms with Crippen molar-refractivity contribution in [2.45, 2.75) is 38.3 Å². The first-order valence-electron chi connectivity index (χ1n) is 9.34. The van der Waals surface area contributed by atoms with Gasteiger partial charge in [-0.15, -0.1) is 0 Å². The van der Waals surface area contributed by atoms with Gasteiger partial charge in [-0.1, -0.05) is 31.0 Å². The fourth-order valence-electron chi connectivity index (χ4n) is 3.76. The Balaban J connectivity index is 1.84. The van der Waals surface area contributed by atoms with Gasteiger partial charge in [-0.2, -0.15) is 0 Å². The molecule has 1 unspecified atom stereocenters. The van der Waals surface area contributed by atoms with Crippen LogP contribution >= 0.6 is 0 Å². The van der Waals surface area contributed by atoms with E-state index in [4.69, 9.17) is 14.2 Å². The zero-order chi connectivity index (χ0) is 18.4. The summed E-state index contributed by atoms with van der Waals surface area (Å²) in [5, 5.41) is 0. The van der Waals surface area contributed by atoms with Gasteiger partial charge in [0.15, 0.2) is 0 Å². The predicted molar refractivity (Wildman–Crippen MR) is 104 cm³/mol. The van der Waals surface area contributed by atoms with E-state index in [9.17, 15) is 0 Å². The van der Waals surface area contributed by atoms with Crippen LogP contribution in [0.4, 0.5) is 0 Å². The largest absolute Gasteiger partial charge is 0.497 e. The van der Waals surface area contributed by atoms with Gasteiger partial charge in [0.05, 0.1) is 21.3 Å². The third-order valence-electron chi connectivity index (χ3n) is 5.23. The molecule has 0 aliphatic carbocycles. The molecule has 26 heavy (non-hydrogen) atoms. The highest BCUT2D eigenvalue weighted by molar-refractivity contribution is 5.41. The molecule has 0 saturated carbocycles. The zero-order valence-electron chi connectivity index (χ0n) is 16.0. The Kier molecular flexibility index (Phi) is 6.40. The molecule has 2 aromatic rings. The highest BCUT2D eigenvalue weighted by atomic mass is 16.5. The van der Waals surface area contributed by atoms with Crippen LogP contribution < -0.4 is 14.2 Å². The summed E-state index contributed by atoms with van der Waals surface area (Å²) in [7, 11) is 5.12. The Hall–Kier alpha value is -2.20. The summed E-state index contributed by atoms with van der Waals surface area (Å²) >= 11 is 0. The molecule has 1 heterocycles. The molecule has 3 rings (SSSR count). The van der Waals surface area contributed by atoms with Crippen molar-refractivity contribution in [3.8, 4) is 17.2 Å². The highest BCUT2D eigenvalue weighted by Crippen LogP contribution is 2.34. The maximum absolute atomic E-state index is 5.61. The average Bonchev–Trinajstić information content (AvgIpc) is 2.93. The molecule has 4 nitrogen and oxygen atoms in total. The van der Waals surface area contributed by atoms with Crippen molar-refractivity contribution in [1.29, 1.82) is 0 Å². The Labute approximate surface area is 156 Å². The summed E-state index contributed by atoms with van der Waals surface area (Å²) in [4.78, 5) is 2.58. The second-order valence-electron chi connectivity index (χ2n) is 6.79. The molecule has 0 amide bonds. The fourth-order valence-corrected chi connectivity index (χ4v) is 3.76. The summed E-state index contributed by atoms with van der Waals surface area (Å²) in [5.74, 6) is 2.63. The molecule has 1 fully saturated rings. The van der Waals surface area contributed by atoms with Crippen LogP contribution in [0.25, 0.3) is 0 Å². The third-order valence-corrected chi connectivity index (χ3v) is 5.23. The number of rotatable bonds is 6.